The van der Waals surface area contributed by atoms with Crippen LogP contribution in [0.3, 0.4) is 0 Å². The Morgan fingerprint density at radius 1 is 1.47 bits per heavy atom. The first kappa shape index (κ1) is 12.5. The lowest BCUT2D eigenvalue weighted by atomic mass is 9.86. The summed E-state index contributed by atoms with van der Waals surface area (Å²) < 4.78 is 5.94. The molecule has 0 aromatic carbocycles. The van der Waals surface area contributed by atoms with E-state index in [0.717, 1.165) is 25.9 Å². The van der Waals surface area contributed by atoms with Crippen molar-refractivity contribution in [3.8, 4) is 11.8 Å². The van der Waals surface area contributed by atoms with Crippen molar-refractivity contribution in [2.45, 2.75) is 57.6 Å². The Bertz CT molecular complexity index is 233. The summed E-state index contributed by atoms with van der Waals surface area (Å²) in [6, 6.07) is 0.429. The lowest BCUT2D eigenvalue weighted by Gasteiger charge is -2.40. The van der Waals surface area contributed by atoms with Gasteiger partial charge in [-0.1, -0.05) is 0 Å². The van der Waals surface area contributed by atoms with Crippen LogP contribution in [0.25, 0.3) is 0 Å². The van der Waals surface area contributed by atoms with Gasteiger partial charge in [0.15, 0.2) is 0 Å². The Balaban J connectivity index is 2.49. The van der Waals surface area contributed by atoms with Crippen LogP contribution in [0.4, 0.5) is 0 Å². The number of rotatable bonds is 4. The van der Waals surface area contributed by atoms with E-state index >= 15 is 0 Å². The molecule has 1 N–H and O–H groups in total. The van der Waals surface area contributed by atoms with E-state index in [2.05, 4.69) is 24.1 Å². The topological polar surface area (TPSA) is 21.3 Å². The highest BCUT2D eigenvalue weighted by Gasteiger charge is 2.35. The highest BCUT2D eigenvalue weighted by Crippen LogP contribution is 2.29. The third-order valence-electron chi connectivity index (χ3n) is 3.32. The zero-order valence-corrected chi connectivity index (χ0v) is 10.2. The molecule has 1 saturated heterocycles. The van der Waals surface area contributed by atoms with E-state index in [9.17, 15) is 0 Å². The molecule has 0 aromatic rings. The highest BCUT2D eigenvalue weighted by molar-refractivity contribution is 4.98. The summed E-state index contributed by atoms with van der Waals surface area (Å²) in [4.78, 5) is 0. The molecule has 2 atom stereocenters. The predicted molar refractivity (Wildman–Crippen MR) is 63.7 cm³/mol. The molecular formula is C13H23NO. The summed E-state index contributed by atoms with van der Waals surface area (Å²) in [5.74, 6) is 6.07. The maximum Gasteiger partial charge on any atom is 0.0807 e. The molecule has 0 bridgehead atoms. The minimum absolute atomic E-state index is 0.0163. The fourth-order valence-corrected chi connectivity index (χ4v) is 2.33. The van der Waals surface area contributed by atoms with Crippen molar-refractivity contribution in [3.05, 3.63) is 0 Å². The largest absolute Gasteiger partial charge is 0.374 e. The Kier molecular flexibility index (Phi) is 5.14. The van der Waals surface area contributed by atoms with E-state index in [1.807, 2.05) is 14.0 Å². The van der Waals surface area contributed by atoms with Crippen LogP contribution in [-0.4, -0.2) is 25.3 Å². The fraction of sp³-hybridized carbons (Fsp3) is 0.846. The lowest BCUT2D eigenvalue weighted by Crippen LogP contribution is -2.51. The first-order valence-corrected chi connectivity index (χ1v) is 5.94. The maximum atomic E-state index is 5.94. The molecule has 2 unspecified atom stereocenters. The van der Waals surface area contributed by atoms with Crippen LogP contribution < -0.4 is 5.32 Å². The van der Waals surface area contributed by atoms with Gasteiger partial charge in [-0.2, -0.15) is 0 Å². The van der Waals surface area contributed by atoms with Crippen LogP contribution in [0.5, 0.6) is 0 Å². The molecule has 1 heterocycles. The van der Waals surface area contributed by atoms with Gasteiger partial charge in [0, 0.05) is 19.1 Å². The molecule has 1 fully saturated rings. The summed E-state index contributed by atoms with van der Waals surface area (Å²) >= 11 is 0. The van der Waals surface area contributed by atoms with E-state index in [0.29, 0.717) is 6.04 Å². The van der Waals surface area contributed by atoms with E-state index < -0.39 is 0 Å². The van der Waals surface area contributed by atoms with Gasteiger partial charge < -0.3 is 10.1 Å². The molecule has 86 valence electrons. The smallest absolute Gasteiger partial charge is 0.0807 e. The average Bonchev–Trinajstić information content (AvgIpc) is 2.25. The minimum Gasteiger partial charge on any atom is -0.374 e. The first-order chi connectivity index (χ1) is 7.23. The zero-order chi connectivity index (χ0) is 11.1. The van der Waals surface area contributed by atoms with Crippen molar-refractivity contribution in [3.63, 3.8) is 0 Å². The van der Waals surface area contributed by atoms with Gasteiger partial charge in [-0.3, -0.25) is 0 Å². The molecule has 1 aliphatic heterocycles. The molecule has 0 radical (unpaired) electrons. The molecule has 2 heteroatoms. The van der Waals surface area contributed by atoms with Gasteiger partial charge in [-0.25, -0.2) is 0 Å². The number of nitrogens with one attached hydrogen (secondary N) is 1. The zero-order valence-electron chi connectivity index (χ0n) is 10.2. The van der Waals surface area contributed by atoms with E-state index in [1.165, 1.54) is 12.8 Å². The third kappa shape index (κ3) is 3.52. The summed E-state index contributed by atoms with van der Waals surface area (Å²) in [6.07, 6.45) is 5.70. The van der Waals surface area contributed by atoms with Crippen molar-refractivity contribution >= 4 is 0 Å². The first-order valence-electron chi connectivity index (χ1n) is 5.94. The normalized spacial score (nSPS) is 27.9. The molecule has 2 nitrogen and oxygen atoms in total. The lowest BCUT2D eigenvalue weighted by molar-refractivity contribution is -0.0884. The second kappa shape index (κ2) is 6.15. The summed E-state index contributed by atoms with van der Waals surface area (Å²) in [5.41, 5.74) is 0.0163. The molecule has 0 saturated carbocycles. The van der Waals surface area contributed by atoms with Gasteiger partial charge in [-0.05, 0) is 46.6 Å². The van der Waals surface area contributed by atoms with Crippen LogP contribution in [0.2, 0.25) is 0 Å². The van der Waals surface area contributed by atoms with E-state index in [1.54, 1.807) is 0 Å². The fourth-order valence-electron chi connectivity index (χ4n) is 2.33. The van der Waals surface area contributed by atoms with Crippen LogP contribution in [-0.2, 0) is 4.74 Å². The van der Waals surface area contributed by atoms with Crippen molar-refractivity contribution in [2.75, 3.05) is 13.7 Å². The van der Waals surface area contributed by atoms with Crippen molar-refractivity contribution < 1.29 is 4.74 Å². The predicted octanol–water partition coefficient (Wildman–Crippen LogP) is 2.34. The van der Waals surface area contributed by atoms with E-state index in [4.69, 9.17) is 4.74 Å². The Labute approximate surface area is 93.8 Å². The quantitative estimate of drug-likeness (QED) is 0.718. The molecule has 15 heavy (non-hydrogen) atoms. The third-order valence-corrected chi connectivity index (χ3v) is 3.32. The van der Waals surface area contributed by atoms with Gasteiger partial charge in [0.2, 0.25) is 0 Å². The number of hydrogen-bond acceptors (Lipinski definition) is 2. The van der Waals surface area contributed by atoms with Crippen LogP contribution in [0, 0.1) is 11.8 Å². The van der Waals surface area contributed by atoms with Crippen LogP contribution in [0.1, 0.15) is 46.0 Å². The number of likely N-dealkylation sites (N-methyl/N-ethyl adjacent to an activating group) is 1. The number of hydrogen-bond donors (Lipinski definition) is 1. The summed E-state index contributed by atoms with van der Waals surface area (Å²) in [6.45, 7) is 5.04. The van der Waals surface area contributed by atoms with Crippen molar-refractivity contribution in [1.29, 1.82) is 0 Å². The minimum atomic E-state index is 0.0163. The molecule has 1 aliphatic rings. The van der Waals surface area contributed by atoms with Crippen molar-refractivity contribution in [1.82, 2.24) is 5.32 Å². The Morgan fingerprint density at radius 3 is 2.80 bits per heavy atom. The molecule has 0 aromatic heterocycles. The standard InChI is InChI=1S/C13H23NO/c1-4-5-6-9-12(14-3)13(2)10-7-8-11-15-13/h12,14H,6-11H2,1-3H3. The second-order valence-electron chi connectivity index (χ2n) is 4.42. The average molecular weight is 209 g/mol. The Hall–Kier alpha value is -0.520. The molecule has 0 aliphatic carbocycles. The van der Waals surface area contributed by atoms with Gasteiger partial charge in [0.25, 0.3) is 0 Å². The van der Waals surface area contributed by atoms with Crippen LogP contribution >= 0.6 is 0 Å². The number of ether oxygens (including phenoxy) is 1. The molecular weight excluding hydrogens is 186 g/mol. The monoisotopic (exact) mass is 209 g/mol. The van der Waals surface area contributed by atoms with Gasteiger partial charge in [0.05, 0.1) is 5.60 Å². The highest BCUT2D eigenvalue weighted by atomic mass is 16.5. The van der Waals surface area contributed by atoms with Crippen molar-refractivity contribution in [2.24, 2.45) is 0 Å². The Morgan fingerprint density at radius 2 is 2.27 bits per heavy atom. The summed E-state index contributed by atoms with van der Waals surface area (Å²) in [5, 5.41) is 3.38. The molecule has 0 spiro atoms. The van der Waals surface area contributed by atoms with Gasteiger partial charge >= 0.3 is 0 Å². The maximum absolute atomic E-state index is 5.94. The molecule has 1 rings (SSSR count). The molecule has 0 amide bonds. The summed E-state index contributed by atoms with van der Waals surface area (Å²) in [7, 11) is 2.02. The van der Waals surface area contributed by atoms with Gasteiger partial charge in [-0.15, -0.1) is 11.8 Å². The second-order valence-corrected chi connectivity index (χ2v) is 4.42. The SMILES string of the molecule is CC#CCCC(NC)C1(C)CCCCO1. The van der Waals surface area contributed by atoms with Gasteiger partial charge in [0.1, 0.15) is 0 Å². The van der Waals surface area contributed by atoms with E-state index in [-0.39, 0.29) is 5.60 Å². The van der Waals surface area contributed by atoms with Crippen LogP contribution in [0.15, 0.2) is 0 Å².